The van der Waals surface area contributed by atoms with Crippen molar-refractivity contribution in [2.45, 2.75) is 32.8 Å². The first-order chi connectivity index (χ1) is 9.11. The summed E-state index contributed by atoms with van der Waals surface area (Å²) in [5.41, 5.74) is 8.10. The van der Waals surface area contributed by atoms with E-state index < -0.39 is 0 Å². The monoisotopic (exact) mass is 262 g/mol. The van der Waals surface area contributed by atoms with Crippen molar-refractivity contribution in [3.63, 3.8) is 0 Å². The van der Waals surface area contributed by atoms with Crippen LogP contribution in [0, 0.1) is 6.92 Å². The number of likely N-dealkylation sites (N-methyl/N-ethyl adjacent to an activating group) is 1. The minimum atomic E-state index is -0.000741. The maximum atomic E-state index is 12.5. The molecule has 0 bridgehead atoms. The van der Waals surface area contributed by atoms with Crippen LogP contribution in [0.5, 0.6) is 0 Å². The van der Waals surface area contributed by atoms with Gasteiger partial charge in [0.1, 0.15) is 0 Å². The molecule has 4 heteroatoms. The lowest BCUT2D eigenvalue weighted by Gasteiger charge is -2.24. The molecular weight excluding hydrogens is 240 g/mol. The summed E-state index contributed by atoms with van der Waals surface area (Å²) >= 11 is 0. The number of anilines is 1. The fourth-order valence-corrected chi connectivity index (χ4v) is 2.42. The predicted octanol–water partition coefficient (Wildman–Crippen LogP) is 2.22. The lowest BCUT2D eigenvalue weighted by Crippen LogP contribution is -2.37. The van der Waals surface area contributed by atoms with Crippen LogP contribution in [0.3, 0.4) is 0 Å². The first-order valence-electron chi connectivity index (χ1n) is 6.88. The molecule has 4 nitrogen and oxygen atoms in total. The number of carbonyl (C=O) groups excluding carboxylic acids is 1. The number of nitrogen functional groups attached to an aromatic ring is 1. The average Bonchev–Trinajstić information content (AvgIpc) is 2.91. The van der Waals surface area contributed by atoms with Gasteiger partial charge in [0, 0.05) is 25.4 Å². The fraction of sp³-hybridized carbons (Fsp3) is 0.533. The molecule has 1 unspecified atom stereocenters. The van der Waals surface area contributed by atoms with E-state index in [4.69, 9.17) is 10.5 Å². The van der Waals surface area contributed by atoms with Crippen molar-refractivity contribution in [2.75, 3.05) is 25.4 Å². The van der Waals surface area contributed by atoms with Crippen LogP contribution in [0.15, 0.2) is 18.2 Å². The van der Waals surface area contributed by atoms with Crippen molar-refractivity contribution in [3.8, 4) is 0 Å². The minimum absolute atomic E-state index is 0.000741. The standard InChI is InChI=1S/C15H22N2O2/c1-3-17(10-12-5-4-8-19-12)15(18)13-9-11(2)6-7-14(13)16/h6-7,9,12H,3-5,8,10,16H2,1-2H3. The minimum Gasteiger partial charge on any atom is -0.398 e. The van der Waals surface area contributed by atoms with E-state index >= 15 is 0 Å². The summed E-state index contributed by atoms with van der Waals surface area (Å²) in [6, 6.07) is 5.57. The summed E-state index contributed by atoms with van der Waals surface area (Å²) in [6.07, 6.45) is 2.30. The second-order valence-corrected chi connectivity index (χ2v) is 5.07. The molecule has 104 valence electrons. The molecule has 1 amide bonds. The van der Waals surface area contributed by atoms with Crippen LogP contribution in [-0.2, 0) is 4.74 Å². The van der Waals surface area contributed by atoms with Gasteiger partial charge in [0.2, 0.25) is 0 Å². The number of ether oxygens (including phenoxy) is 1. The molecule has 2 N–H and O–H groups in total. The summed E-state index contributed by atoms with van der Waals surface area (Å²) < 4.78 is 5.60. The number of aryl methyl sites for hydroxylation is 1. The zero-order chi connectivity index (χ0) is 13.8. The quantitative estimate of drug-likeness (QED) is 0.846. The van der Waals surface area contributed by atoms with Gasteiger partial charge in [0.25, 0.3) is 5.91 Å². The summed E-state index contributed by atoms with van der Waals surface area (Å²) in [5.74, 6) is -0.000741. The molecule has 1 heterocycles. The van der Waals surface area contributed by atoms with Gasteiger partial charge in [-0.3, -0.25) is 4.79 Å². The smallest absolute Gasteiger partial charge is 0.256 e. The Balaban J connectivity index is 2.12. The highest BCUT2D eigenvalue weighted by atomic mass is 16.5. The lowest BCUT2D eigenvalue weighted by atomic mass is 10.1. The number of rotatable bonds is 4. The molecule has 0 saturated carbocycles. The molecular formula is C15H22N2O2. The second-order valence-electron chi connectivity index (χ2n) is 5.07. The van der Waals surface area contributed by atoms with Crippen LogP contribution in [0.4, 0.5) is 5.69 Å². The number of benzene rings is 1. The van der Waals surface area contributed by atoms with Gasteiger partial charge >= 0.3 is 0 Å². The van der Waals surface area contributed by atoms with E-state index in [1.165, 1.54) is 0 Å². The highest BCUT2D eigenvalue weighted by molar-refractivity contribution is 5.99. The molecule has 19 heavy (non-hydrogen) atoms. The van der Waals surface area contributed by atoms with Gasteiger partial charge in [0.15, 0.2) is 0 Å². The van der Waals surface area contributed by atoms with Crippen molar-refractivity contribution in [2.24, 2.45) is 0 Å². The Hall–Kier alpha value is -1.55. The summed E-state index contributed by atoms with van der Waals surface area (Å²) in [6.45, 7) is 6.09. The number of hydrogen-bond donors (Lipinski definition) is 1. The highest BCUT2D eigenvalue weighted by Crippen LogP contribution is 2.19. The number of amides is 1. The highest BCUT2D eigenvalue weighted by Gasteiger charge is 2.23. The first kappa shape index (κ1) is 13.9. The largest absolute Gasteiger partial charge is 0.398 e. The van der Waals surface area contributed by atoms with Crippen LogP contribution in [-0.4, -0.2) is 36.6 Å². The molecule has 1 aromatic rings. The van der Waals surface area contributed by atoms with Crippen LogP contribution >= 0.6 is 0 Å². The summed E-state index contributed by atoms with van der Waals surface area (Å²) in [7, 11) is 0. The van der Waals surface area contributed by atoms with E-state index in [9.17, 15) is 4.79 Å². The maximum absolute atomic E-state index is 12.5. The lowest BCUT2D eigenvalue weighted by molar-refractivity contribution is 0.0540. The molecule has 0 spiro atoms. The molecule has 1 aliphatic rings. The van der Waals surface area contributed by atoms with E-state index in [0.717, 1.165) is 25.0 Å². The zero-order valence-electron chi connectivity index (χ0n) is 11.7. The van der Waals surface area contributed by atoms with Crippen LogP contribution < -0.4 is 5.73 Å². The summed E-state index contributed by atoms with van der Waals surface area (Å²) in [5, 5.41) is 0. The molecule has 0 aromatic heterocycles. The molecule has 0 aliphatic carbocycles. The number of nitrogens with zero attached hydrogens (tertiary/aromatic N) is 1. The third kappa shape index (κ3) is 3.26. The van der Waals surface area contributed by atoms with Gasteiger partial charge in [-0.1, -0.05) is 11.6 Å². The topological polar surface area (TPSA) is 55.6 Å². The first-order valence-corrected chi connectivity index (χ1v) is 6.88. The molecule has 2 rings (SSSR count). The number of hydrogen-bond acceptors (Lipinski definition) is 3. The zero-order valence-corrected chi connectivity index (χ0v) is 11.7. The van der Waals surface area contributed by atoms with Crippen molar-refractivity contribution in [3.05, 3.63) is 29.3 Å². The molecule has 0 radical (unpaired) electrons. The Bertz CT molecular complexity index is 453. The third-order valence-electron chi connectivity index (χ3n) is 3.56. The predicted molar refractivity (Wildman–Crippen MR) is 76.1 cm³/mol. The molecule has 1 saturated heterocycles. The van der Waals surface area contributed by atoms with Crippen LogP contribution in [0.25, 0.3) is 0 Å². The van der Waals surface area contributed by atoms with E-state index in [-0.39, 0.29) is 12.0 Å². The Kier molecular flexibility index (Phi) is 4.43. The number of nitrogens with two attached hydrogens (primary N) is 1. The Labute approximate surface area is 114 Å². The maximum Gasteiger partial charge on any atom is 0.256 e. The van der Waals surface area contributed by atoms with Gasteiger partial charge in [-0.2, -0.15) is 0 Å². The average molecular weight is 262 g/mol. The van der Waals surface area contributed by atoms with Gasteiger partial charge in [-0.25, -0.2) is 0 Å². The van der Waals surface area contributed by atoms with Gasteiger partial charge in [0.05, 0.1) is 11.7 Å². The molecule has 1 fully saturated rings. The molecule has 1 aromatic carbocycles. The second kappa shape index (κ2) is 6.06. The van der Waals surface area contributed by atoms with E-state index in [2.05, 4.69) is 0 Å². The van der Waals surface area contributed by atoms with E-state index in [0.29, 0.717) is 24.3 Å². The van der Waals surface area contributed by atoms with Crippen molar-refractivity contribution < 1.29 is 9.53 Å². The van der Waals surface area contributed by atoms with Gasteiger partial charge < -0.3 is 15.4 Å². The van der Waals surface area contributed by atoms with Gasteiger partial charge in [-0.15, -0.1) is 0 Å². The van der Waals surface area contributed by atoms with E-state index in [1.807, 2.05) is 30.9 Å². The normalized spacial score (nSPS) is 18.5. The SMILES string of the molecule is CCN(CC1CCCO1)C(=O)c1cc(C)ccc1N. The number of carbonyl (C=O) groups is 1. The van der Waals surface area contributed by atoms with E-state index in [1.54, 1.807) is 6.07 Å². The van der Waals surface area contributed by atoms with Gasteiger partial charge in [-0.05, 0) is 38.8 Å². The van der Waals surface area contributed by atoms with Crippen molar-refractivity contribution in [1.29, 1.82) is 0 Å². The van der Waals surface area contributed by atoms with Crippen LogP contribution in [0.2, 0.25) is 0 Å². The molecule has 1 atom stereocenters. The summed E-state index contributed by atoms with van der Waals surface area (Å²) in [4.78, 5) is 14.3. The van der Waals surface area contributed by atoms with Crippen molar-refractivity contribution in [1.82, 2.24) is 4.90 Å². The van der Waals surface area contributed by atoms with Crippen LogP contribution in [0.1, 0.15) is 35.7 Å². The Morgan fingerprint density at radius 3 is 2.95 bits per heavy atom. The fourth-order valence-electron chi connectivity index (χ4n) is 2.42. The Morgan fingerprint density at radius 2 is 2.32 bits per heavy atom. The Morgan fingerprint density at radius 1 is 1.53 bits per heavy atom. The molecule has 1 aliphatic heterocycles. The van der Waals surface area contributed by atoms with Crippen molar-refractivity contribution >= 4 is 11.6 Å². The third-order valence-corrected chi connectivity index (χ3v) is 3.56.